The number of hydrogen-bond donors (Lipinski definition) is 1. The largest absolute Gasteiger partial charge is 0.322 e. The number of anilines is 1. The smallest absolute Gasteiger partial charge is 0.270 e. The van der Waals surface area contributed by atoms with E-state index in [2.05, 4.69) is 10.3 Å². The Bertz CT molecular complexity index is 989. The molecule has 2 amide bonds. The zero-order valence-corrected chi connectivity index (χ0v) is 17.7. The van der Waals surface area contributed by atoms with E-state index >= 15 is 0 Å². The lowest BCUT2D eigenvalue weighted by atomic mass is 9.84. The van der Waals surface area contributed by atoms with Crippen molar-refractivity contribution in [1.82, 2.24) is 9.88 Å². The number of nitro benzene ring substituents is 1. The Hall–Kier alpha value is -2.52. The van der Waals surface area contributed by atoms with Gasteiger partial charge in [-0.25, -0.2) is 4.98 Å². The molecule has 0 saturated heterocycles. The Balaban J connectivity index is 1.58. The molecule has 0 radical (unpaired) electrons. The first-order chi connectivity index (χ1) is 14.4. The van der Waals surface area contributed by atoms with Gasteiger partial charge < -0.3 is 10.2 Å². The molecule has 2 aromatic rings. The third kappa shape index (κ3) is 4.32. The zero-order valence-electron chi connectivity index (χ0n) is 16.2. The minimum Gasteiger partial charge on any atom is -0.322 e. The average molecular weight is 449 g/mol. The fourth-order valence-electron chi connectivity index (χ4n) is 4.29. The van der Waals surface area contributed by atoms with Crippen LogP contribution in [0.2, 0.25) is 4.34 Å². The second-order valence-corrected chi connectivity index (χ2v) is 9.41. The van der Waals surface area contributed by atoms with E-state index in [1.807, 2.05) is 0 Å². The van der Waals surface area contributed by atoms with Gasteiger partial charge >= 0.3 is 0 Å². The summed E-state index contributed by atoms with van der Waals surface area (Å²) in [5, 5.41) is 14.3. The molecule has 1 aromatic carbocycles. The van der Waals surface area contributed by atoms with Crippen LogP contribution in [0.3, 0.4) is 0 Å². The minimum atomic E-state index is -0.672. The van der Waals surface area contributed by atoms with E-state index in [-0.39, 0.29) is 24.0 Å². The van der Waals surface area contributed by atoms with E-state index < -0.39 is 11.0 Å². The first-order valence-corrected chi connectivity index (χ1v) is 11.1. The number of nitrogens with one attached hydrogen (secondary N) is 1. The topological polar surface area (TPSA) is 105 Å². The molecule has 158 valence electrons. The minimum absolute atomic E-state index is 0.130. The number of nitrogens with zero attached hydrogens (tertiary/aromatic N) is 3. The summed E-state index contributed by atoms with van der Waals surface area (Å²) in [5.74, 6) is -0.288. The number of aromatic nitrogens is 1. The summed E-state index contributed by atoms with van der Waals surface area (Å²) in [6.45, 7) is 0.260. The normalized spacial score (nSPS) is 17.6. The Kier molecular flexibility index (Phi) is 6.01. The van der Waals surface area contributed by atoms with E-state index in [0.29, 0.717) is 32.9 Å². The standard InChI is InChI=1S/C20H21ClN4O4S/c21-17-10-22-20(30-17)23-18(26)16(8-12-4-2-1-3-5-12)24-11-13-6-7-14(25(28)29)9-15(13)19(24)27/h6-7,9-10,12,16H,1-5,8,11H2,(H,22,23,26). The van der Waals surface area contributed by atoms with Crippen LogP contribution in [0.5, 0.6) is 0 Å². The Morgan fingerprint density at radius 2 is 2.13 bits per heavy atom. The highest BCUT2D eigenvalue weighted by atomic mass is 35.5. The van der Waals surface area contributed by atoms with Gasteiger partial charge in [0.15, 0.2) is 5.13 Å². The summed E-state index contributed by atoms with van der Waals surface area (Å²) in [4.78, 5) is 42.5. The number of amides is 2. The summed E-state index contributed by atoms with van der Waals surface area (Å²) in [6.07, 6.45) is 7.55. The molecule has 1 aliphatic carbocycles. The predicted molar refractivity (Wildman–Crippen MR) is 114 cm³/mol. The number of non-ortho nitro benzene ring substituents is 1. The van der Waals surface area contributed by atoms with Crippen LogP contribution in [0, 0.1) is 16.0 Å². The van der Waals surface area contributed by atoms with E-state index in [1.54, 1.807) is 6.07 Å². The molecule has 1 fully saturated rings. The number of hydrogen-bond acceptors (Lipinski definition) is 6. The monoisotopic (exact) mass is 448 g/mol. The van der Waals surface area contributed by atoms with Crippen LogP contribution >= 0.6 is 22.9 Å². The molecule has 1 atom stereocenters. The molecular formula is C20H21ClN4O4S. The van der Waals surface area contributed by atoms with Crippen LogP contribution in [-0.2, 0) is 11.3 Å². The van der Waals surface area contributed by atoms with Crippen LogP contribution in [0.4, 0.5) is 10.8 Å². The zero-order chi connectivity index (χ0) is 21.3. The molecule has 1 unspecified atom stereocenters. The first-order valence-electron chi connectivity index (χ1n) is 9.93. The average Bonchev–Trinajstić information content (AvgIpc) is 3.29. The molecule has 2 heterocycles. The lowest BCUT2D eigenvalue weighted by Gasteiger charge is -2.31. The van der Waals surface area contributed by atoms with E-state index in [0.717, 1.165) is 37.0 Å². The third-order valence-electron chi connectivity index (χ3n) is 5.80. The van der Waals surface area contributed by atoms with Crippen LogP contribution in [-0.4, -0.2) is 32.7 Å². The van der Waals surface area contributed by atoms with E-state index in [1.165, 1.54) is 29.7 Å². The van der Waals surface area contributed by atoms with Gasteiger partial charge in [-0.05, 0) is 24.0 Å². The van der Waals surface area contributed by atoms with Crippen molar-refractivity contribution in [1.29, 1.82) is 0 Å². The highest BCUT2D eigenvalue weighted by Gasteiger charge is 2.38. The van der Waals surface area contributed by atoms with Gasteiger partial charge in [-0.2, -0.15) is 0 Å². The van der Waals surface area contributed by atoms with Gasteiger partial charge in [0.25, 0.3) is 11.6 Å². The third-order valence-corrected chi connectivity index (χ3v) is 6.83. The fourth-order valence-corrected chi connectivity index (χ4v) is 5.11. The quantitative estimate of drug-likeness (QED) is 0.512. The molecule has 2 aliphatic rings. The molecule has 0 bridgehead atoms. The molecule has 4 rings (SSSR count). The molecule has 1 aromatic heterocycles. The van der Waals surface area contributed by atoms with Crippen molar-refractivity contribution >= 4 is 45.6 Å². The van der Waals surface area contributed by atoms with Crippen LogP contribution in [0.25, 0.3) is 0 Å². The number of carbonyl (C=O) groups is 2. The molecule has 1 N–H and O–H groups in total. The summed E-state index contributed by atoms with van der Waals surface area (Å²) in [6, 6.07) is 3.62. The number of fused-ring (bicyclic) bond motifs is 1. The summed E-state index contributed by atoms with van der Waals surface area (Å²) in [5.41, 5.74) is 0.863. The summed E-state index contributed by atoms with van der Waals surface area (Å²) >= 11 is 7.08. The summed E-state index contributed by atoms with van der Waals surface area (Å²) < 4.78 is 0.464. The maximum Gasteiger partial charge on any atom is 0.270 e. The van der Waals surface area contributed by atoms with E-state index in [9.17, 15) is 19.7 Å². The van der Waals surface area contributed by atoms with Gasteiger partial charge in [-0.15, -0.1) is 0 Å². The lowest BCUT2D eigenvalue weighted by Crippen LogP contribution is -2.45. The van der Waals surface area contributed by atoms with Crippen LogP contribution in [0.1, 0.15) is 54.4 Å². The van der Waals surface area contributed by atoms with Crippen LogP contribution < -0.4 is 5.32 Å². The van der Waals surface area contributed by atoms with Gasteiger partial charge in [-0.1, -0.05) is 55.0 Å². The molecule has 1 aliphatic heterocycles. The number of halogens is 1. The van der Waals surface area contributed by atoms with Crippen molar-refractivity contribution in [2.45, 2.75) is 51.1 Å². The van der Waals surface area contributed by atoms with Crippen molar-refractivity contribution in [2.24, 2.45) is 5.92 Å². The fraction of sp³-hybridized carbons (Fsp3) is 0.450. The molecule has 8 nitrogen and oxygen atoms in total. The molecule has 30 heavy (non-hydrogen) atoms. The highest BCUT2D eigenvalue weighted by molar-refractivity contribution is 7.19. The van der Waals surface area contributed by atoms with Gasteiger partial charge in [0.05, 0.1) is 16.7 Å². The second kappa shape index (κ2) is 8.69. The molecule has 10 heteroatoms. The predicted octanol–water partition coefficient (Wildman–Crippen LogP) is 4.64. The van der Waals surface area contributed by atoms with Gasteiger partial charge in [0.1, 0.15) is 10.4 Å². The van der Waals surface area contributed by atoms with E-state index in [4.69, 9.17) is 11.6 Å². The summed E-state index contributed by atoms with van der Waals surface area (Å²) in [7, 11) is 0. The molecular weight excluding hydrogens is 428 g/mol. The van der Waals surface area contributed by atoms with Gasteiger partial charge in [0.2, 0.25) is 5.91 Å². The van der Waals surface area contributed by atoms with Crippen LogP contribution in [0.15, 0.2) is 24.4 Å². The van der Waals surface area contributed by atoms with Gasteiger partial charge in [0, 0.05) is 18.7 Å². The Morgan fingerprint density at radius 1 is 1.37 bits per heavy atom. The maximum atomic E-state index is 13.2. The van der Waals surface area contributed by atoms with Gasteiger partial charge in [-0.3, -0.25) is 19.7 Å². The highest BCUT2D eigenvalue weighted by Crippen LogP contribution is 2.34. The number of benzene rings is 1. The van der Waals surface area contributed by atoms with Crippen molar-refractivity contribution in [3.8, 4) is 0 Å². The van der Waals surface area contributed by atoms with Crippen molar-refractivity contribution in [2.75, 3.05) is 5.32 Å². The maximum absolute atomic E-state index is 13.2. The Morgan fingerprint density at radius 3 is 2.80 bits per heavy atom. The second-order valence-electron chi connectivity index (χ2n) is 7.75. The lowest BCUT2D eigenvalue weighted by molar-refractivity contribution is -0.384. The number of nitro groups is 1. The van der Waals surface area contributed by atoms with Crippen molar-refractivity contribution < 1.29 is 14.5 Å². The SMILES string of the molecule is O=C(Nc1ncc(Cl)s1)C(CC1CCCCC1)N1Cc2ccc([N+](=O)[O-])cc2C1=O. The number of rotatable bonds is 6. The molecule has 0 spiro atoms. The molecule has 1 saturated carbocycles. The number of carbonyl (C=O) groups excluding carboxylic acids is 2. The Labute approximate surface area is 182 Å². The van der Waals surface area contributed by atoms with Crippen molar-refractivity contribution in [3.05, 3.63) is 50.0 Å². The number of thiazole rings is 1. The first kappa shape index (κ1) is 20.7. The van der Waals surface area contributed by atoms with Crippen molar-refractivity contribution in [3.63, 3.8) is 0 Å².